The van der Waals surface area contributed by atoms with Crippen LogP contribution in [0.3, 0.4) is 0 Å². The van der Waals surface area contributed by atoms with Crippen molar-refractivity contribution in [1.82, 2.24) is 4.31 Å². The number of benzene rings is 2. The number of aryl methyl sites for hydroxylation is 1. The van der Waals surface area contributed by atoms with E-state index >= 15 is 0 Å². The number of nitrogens with one attached hydrogen (secondary N) is 2. The van der Waals surface area contributed by atoms with Crippen molar-refractivity contribution in [2.75, 3.05) is 29.7 Å². The van der Waals surface area contributed by atoms with Gasteiger partial charge in [0.2, 0.25) is 10.0 Å². The van der Waals surface area contributed by atoms with E-state index in [4.69, 9.17) is 0 Å². The predicted octanol–water partition coefficient (Wildman–Crippen LogP) is 3.65. The number of aromatic carboxylic acids is 1. The lowest BCUT2D eigenvalue weighted by molar-refractivity contribution is 0.0696. The highest BCUT2D eigenvalue weighted by atomic mass is 32.2. The van der Waals surface area contributed by atoms with Crippen LogP contribution in [0.2, 0.25) is 0 Å². The molecule has 11 heteroatoms. The van der Waals surface area contributed by atoms with Crippen molar-refractivity contribution in [3.63, 3.8) is 0 Å². The van der Waals surface area contributed by atoms with Gasteiger partial charge in [-0.15, -0.1) is 0 Å². The molecule has 0 radical (unpaired) electrons. The van der Waals surface area contributed by atoms with Gasteiger partial charge < -0.3 is 10.4 Å². The molecule has 0 aromatic heterocycles. The molecule has 0 atom stereocenters. The zero-order chi connectivity index (χ0) is 25.0. The molecular formula is C22H31N3O6S2. The normalized spacial score (nSPS) is 12.1. The predicted molar refractivity (Wildman–Crippen MR) is 129 cm³/mol. The van der Waals surface area contributed by atoms with Gasteiger partial charge in [-0.1, -0.05) is 20.8 Å². The second-order valence-electron chi connectivity index (χ2n) is 7.55. The average Bonchev–Trinajstić information content (AvgIpc) is 2.74. The Kier molecular flexibility index (Phi) is 8.50. The number of anilines is 2. The van der Waals surface area contributed by atoms with Crippen LogP contribution in [0.1, 0.15) is 48.7 Å². The van der Waals surface area contributed by atoms with Gasteiger partial charge in [-0.3, -0.25) is 4.72 Å². The zero-order valence-electron chi connectivity index (χ0n) is 19.5. The van der Waals surface area contributed by atoms with Crippen LogP contribution in [-0.2, 0) is 20.0 Å². The topological polar surface area (TPSA) is 133 Å². The Hall–Kier alpha value is -2.63. The smallest absolute Gasteiger partial charge is 0.335 e. The fraction of sp³-hybridized carbons (Fsp3) is 0.409. The molecule has 0 saturated carbocycles. The van der Waals surface area contributed by atoms with E-state index in [9.17, 15) is 26.7 Å². The molecule has 0 spiro atoms. The molecule has 0 fully saturated rings. The molecule has 0 aliphatic heterocycles. The lowest BCUT2D eigenvalue weighted by atomic mass is 10.1. The van der Waals surface area contributed by atoms with Crippen molar-refractivity contribution in [1.29, 1.82) is 0 Å². The molecular weight excluding hydrogens is 466 g/mol. The van der Waals surface area contributed by atoms with E-state index in [1.54, 1.807) is 27.7 Å². The molecule has 9 nitrogen and oxygen atoms in total. The van der Waals surface area contributed by atoms with Crippen LogP contribution in [0.4, 0.5) is 11.4 Å². The van der Waals surface area contributed by atoms with E-state index in [-0.39, 0.29) is 34.1 Å². The van der Waals surface area contributed by atoms with Crippen LogP contribution < -0.4 is 10.0 Å². The van der Waals surface area contributed by atoms with E-state index in [0.717, 1.165) is 12.5 Å². The summed E-state index contributed by atoms with van der Waals surface area (Å²) in [6.07, 6.45) is 0.768. The van der Waals surface area contributed by atoms with Gasteiger partial charge in [-0.05, 0) is 61.7 Å². The minimum absolute atomic E-state index is 0.0434. The first kappa shape index (κ1) is 26.6. The van der Waals surface area contributed by atoms with Crippen molar-refractivity contribution in [3.8, 4) is 0 Å². The average molecular weight is 498 g/mol. The van der Waals surface area contributed by atoms with Gasteiger partial charge in [0.05, 0.1) is 26.7 Å². The SMILES string of the molecule is CCCNc1ccc(S(=O)(=O)N(CC)CC)cc1NS(=O)(=O)c1cc(C(=O)O)cc(C)c1C. The highest BCUT2D eigenvalue weighted by Gasteiger charge is 2.26. The molecule has 2 rings (SSSR count). The van der Waals surface area contributed by atoms with E-state index in [1.807, 2.05) is 6.92 Å². The molecule has 0 saturated heterocycles. The molecule has 2 aromatic carbocycles. The third-order valence-electron chi connectivity index (χ3n) is 5.30. The number of carboxylic acids is 1. The Bertz CT molecular complexity index is 1240. The van der Waals surface area contributed by atoms with E-state index in [1.165, 1.54) is 28.6 Å². The van der Waals surface area contributed by atoms with Crippen molar-refractivity contribution >= 4 is 37.4 Å². The summed E-state index contributed by atoms with van der Waals surface area (Å²) >= 11 is 0. The fourth-order valence-electron chi connectivity index (χ4n) is 3.32. The summed E-state index contributed by atoms with van der Waals surface area (Å²) in [5.74, 6) is -1.24. The van der Waals surface area contributed by atoms with Crippen LogP contribution >= 0.6 is 0 Å². The molecule has 182 valence electrons. The van der Waals surface area contributed by atoms with Crippen molar-refractivity contribution in [2.45, 2.75) is 50.8 Å². The van der Waals surface area contributed by atoms with Gasteiger partial charge in [0.15, 0.2) is 0 Å². The molecule has 3 N–H and O–H groups in total. The largest absolute Gasteiger partial charge is 0.478 e. The maximum atomic E-state index is 13.3. The van der Waals surface area contributed by atoms with Crippen molar-refractivity contribution in [2.24, 2.45) is 0 Å². The maximum Gasteiger partial charge on any atom is 0.335 e. The van der Waals surface area contributed by atoms with Gasteiger partial charge in [-0.2, -0.15) is 4.31 Å². The van der Waals surface area contributed by atoms with Crippen LogP contribution in [0.15, 0.2) is 40.1 Å². The Morgan fingerprint density at radius 2 is 1.61 bits per heavy atom. The van der Waals surface area contributed by atoms with Crippen LogP contribution in [0.25, 0.3) is 0 Å². The second-order valence-corrected chi connectivity index (χ2v) is 11.1. The standard InChI is InChI=1S/C22H31N3O6S2/c1-6-11-23-19-10-9-18(33(30,31)25(7-2)8-3)14-20(19)24-32(28,29)21-13-17(22(26)27)12-15(4)16(21)5/h9-10,12-14,23-24H,6-8,11H2,1-5H3,(H,26,27). The summed E-state index contributed by atoms with van der Waals surface area (Å²) in [5, 5.41) is 12.4. The van der Waals surface area contributed by atoms with E-state index in [0.29, 0.717) is 23.4 Å². The Morgan fingerprint density at radius 3 is 2.15 bits per heavy atom. The number of carboxylic acid groups (broad SMARTS) is 1. The Morgan fingerprint density at radius 1 is 0.970 bits per heavy atom. The summed E-state index contributed by atoms with van der Waals surface area (Å²) in [6.45, 7) is 9.71. The van der Waals surface area contributed by atoms with Gasteiger partial charge in [-0.25, -0.2) is 21.6 Å². The minimum Gasteiger partial charge on any atom is -0.478 e. The second kappa shape index (κ2) is 10.5. The number of rotatable bonds is 11. The molecule has 0 aliphatic rings. The molecule has 0 bridgehead atoms. The van der Waals surface area contributed by atoms with Crippen LogP contribution in [-0.4, -0.2) is 51.9 Å². The third kappa shape index (κ3) is 5.84. The van der Waals surface area contributed by atoms with Crippen LogP contribution in [0.5, 0.6) is 0 Å². The highest BCUT2D eigenvalue weighted by molar-refractivity contribution is 7.92. The number of hydrogen-bond donors (Lipinski definition) is 3. The number of hydrogen-bond acceptors (Lipinski definition) is 6. The molecule has 2 aromatic rings. The van der Waals surface area contributed by atoms with Gasteiger partial charge in [0.1, 0.15) is 0 Å². The first-order chi connectivity index (χ1) is 15.4. The summed E-state index contributed by atoms with van der Waals surface area (Å²) in [7, 11) is -8.05. The zero-order valence-corrected chi connectivity index (χ0v) is 21.1. The molecule has 0 amide bonds. The van der Waals surface area contributed by atoms with E-state index < -0.39 is 26.0 Å². The lowest BCUT2D eigenvalue weighted by Crippen LogP contribution is -2.30. The quantitative estimate of drug-likeness (QED) is 0.431. The molecule has 33 heavy (non-hydrogen) atoms. The first-order valence-electron chi connectivity index (χ1n) is 10.6. The summed E-state index contributed by atoms with van der Waals surface area (Å²) in [6, 6.07) is 6.75. The molecule has 0 heterocycles. The van der Waals surface area contributed by atoms with E-state index in [2.05, 4.69) is 10.0 Å². The van der Waals surface area contributed by atoms with Crippen molar-refractivity contribution < 1.29 is 26.7 Å². The lowest BCUT2D eigenvalue weighted by Gasteiger charge is -2.21. The fourth-order valence-corrected chi connectivity index (χ4v) is 6.22. The number of nitrogens with zero attached hydrogens (tertiary/aromatic N) is 1. The summed E-state index contributed by atoms with van der Waals surface area (Å²) in [4.78, 5) is 11.2. The summed E-state index contributed by atoms with van der Waals surface area (Å²) < 4.78 is 56.3. The number of sulfonamides is 2. The van der Waals surface area contributed by atoms with Crippen molar-refractivity contribution in [3.05, 3.63) is 47.0 Å². The third-order valence-corrected chi connectivity index (χ3v) is 8.84. The van der Waals surface area contributed by atoms with Gasteiger partial charge in [0.25, 0.3) is 10.0 Å². The molecule has 0 aliphatic carbocycles. The highest BCUT2D eigenvalue weighted by Crippen LogP contribution is 2.31. The maximum absolute atomic E-state index is 13.3. The van der Waals surface area contributed by atoms with Gasteiger partial charge >= 0.3 is 5.97 Å². The van der Waals surface area contributed by atoms with Crippen LogP contribution in [0, 0.1) is 13.8 Å². The Balaban J connectivity index is 2.64. The number of carbonyl (C=O) groups is 1. The molecule has 0 unspecified atom stereocenters. The first-order valence-corrected chi connectivity index (χ1v) is 13.6. The van der Waals surface area contributed by atoms with Gasteiger partial charge in [0, 0.05) is 19.6 Å². The summed E-state index contributed by atoms with van der Waals surface area (Å²) in [5.41, 5.74) is 1.25. The Labute approximate surface area is 195 Å². The monoisotopic (exact) mass is 497 g/mol. The minimum atomic E-state index is -4.23.